The molecule has 0 spiro atoms. The van der Waals surface area contributed by atoms with Gasteiger partial charge >= 0.3 is 0 Å². The molecule has 2 aliphatic heterocycles. The van der Waals surface area contributed by atoms with E-state index in [4.69, 9.17) is 9.15 Å². The number of ether oxygens (including phenoxy) is 1. The summed E-state index contributed by atoms with van der Waals surface area (Å²) in [6, 6.07) is 11.0. The summed E-state index contributed by atoms with van der Waals surface area (Å²) in [5, 5.41) is 0. The topological polar surface area (TPSA) is 72.6 Å². The minimum Gasteiger partial charge on any atom is -0.436 e. The molecule has 2 aliphatic rings. The van der Waals surface area contributed by atoms with E-state index < -0.39 is 0 Å². The monoisotopic (exact) mass is 362 g/mol. The molecule has 0 radical (unpaired) electrons. The third-order valence-corrected chi connectivity index (χ3v) is 5.17. The van der Waals surface area contributed by atoms with E-state index in [2.05, 4.69) is 4.98 Å². The molecule has 0 bridgehead atoms. The van der Waals surface area contributed by atoms with Crippen molar-refractivity contribution in [1.29, 1.82) is 0 Å². The minimum absolute atomic E-state index is 0.0630. The minimum atomic E-state index is -0.278. The van der Waals surface area contributed by atoms with E-state index in [1.165, 1.54) is 4.90 Å². The second kappa shape index (κ2) is 6.03. The van der Waals surface area contributed by atoms with Gasteiger partial charge in [0.1, 0.15) is 5.52 Å². The molecule has 0 aliphatic carbocycles. The molecule has 27 heavy (non-hydrogen) atoms. The molecule has 2 amide bonds. The third kappa shape index (κ3) is 2.64. The van der Waals surface area contributed by atoms with Crippen LogP contribution >= 0.6 is 0 Å². The van der Waals surface area contributed by atoms with Crippen molar-refractivity contribution in [3.63, 3.8) is 0 Å². The number of carbonyl (C=O) groups excluding carboxylic acids is 2. The van der Waals surface area contributed by atoms with Crippen molar-refractivity contribution in [3.8, 4) is 11.5 Å². The quantitative estimate of drug-likeness (QED) is 0.666. The van der Waals surface area contributed by atoms with Gasteiger partial charge in [0.05, 0.1) is 23.8 Å². The number of oxazole rings is 1. The maximum atomic E-state index is 12.8. The Kier molecular flexibility index (Phi) is 3.62. The van der Waals surface area contributed by atoms with E-state index >= 15 is 0 Å². The third-order valence-electron chi connectivity index (χ3n) is 5.17. The lowest BCUT2D eigenvalue weighted by Gasteiger charge is -2.17. The highest BCUT2D eigenvalue weighted by Gasteiger charge is 2.37. The van der Waals surface area contributed by atoms with Crippen LogP contribution in [0.3, 0.4) is 0 Å². The second-order valence-corrected chi connectivity index (χ2v) is 7.11. The molecule has 1 aromatic heterocycles. The summed E-state index contributed by atoms with van der Waals surface area (Å²) in [7, 11) is 0. The van der Waals surface area contributed by atoms with E-state index in [1.807, 2.05) is 25.1 Å². The maximum Gasteiger partial charge on any atom is 0.261 e. The molecule has 6 nitrogen and oxygen atoms in total. The molecule has 0 saturated carbocycles. The fourth-order valence-corrected chi connectivity index (χ4v) is 3.74. The van der Waals surface area contributed by atoms with Crippen LogP contribution in [-0.4, -0.2) is 41.0 Å². The first kappa shape index (κ1) is 16.2. The summed E-state index contributed by atoms with van der Waals surface area (Å²) in [4.78, 5) is 31.2. The standard InChI is InChI=1S/C21H18N2O4/c1-12-4-7-18-17(9-12)22-19(27-18)13-5-6-15-16(10-13)21(25)23(20(15)24)11-14-3-2-8-26-14/h4-7,9-10,14H,2-3,8,11H2,1H3. The molecule has 6 heteroatoms. The van der Waals surface area contributed by atoms with Crippen LogP contribution in [0.4, 0.5) is 0 Å². The van der Waals surface area contributed by atoms with Crippen molar-refractivity contribution >= 4 is 22.9 Å². The van der Waals surface area contributed by atoms with Crippen LogP contribution in [0.5, 0.6) is 0 Å². The molecule has 1 saturated heterocycles. The predicted octanol–water partition coefficient (Wildman–Crippen LogP) is 3.58. The number of imide groups is 1. The molecular formula is C21H18N2O4. The lowest BCUT2D eigenvalue weighted by atomic mass is 10.1. The molecule has 0 N–H and O–H groups in total. The average Bonchev–Trinajstić information content (AvgIpc) is 3.37. The largest absolute Gasteiger partial charge is 0.436 e. The van der Waals surface area contributed by atoms with Crippen LogP contribution in [0, 0.1) is 6.92 Å². The number of rotatable bonds is 3. The van der Waals surface area contributed by atoms with Crippen molar-refractivity contribution in [1.82, 2.24) is 9.88 Å². The fraction of sp³-hybridized carbons (Fsp3) is 0.286. The molecule has 136 valence electrons. The van der Waals surface area contributed by atoms with Gasteiger partial charge in [-0.15, -0.1) is 0 Å². The highest BCUT2D eigenvalue weighted by molar-refractivity contribution is 6.21. The van der Waals surface area contributed by atoms with Crippen LogP contribution in [0.15, 0.2) is 40.8 Å². The summed E-state index contributed by atoms with van der Waals surface area (Å²) in [6.07, 6.45) is 1.78. The zero-order valence-corrected chi connectivity index (χ0v) is 14.9. The SMILES string of the molecule is Cc1ccc2oc(-c3ccc4c(c3)C(=O)N(CC3CCCO3)C4=O)nc2c1. The van der Waals surface area contributed by atoms with E-state index in [9.17, 15) is 9.59 Å². The molecule has 3 aromatic rings. The molecule has 1 fully saturated rings. The first-order valence-corrected chi connectivity index (χ1v) is 9.09. The Labute approximate surface area is 155 Å². The molecule has 5 rings (SSSR count). The number of hydrogen-bond donors (Lipinski definition) is 0. The average molecular weight is 362 g/mol. The first-order chi connectivity index (χ1) is 13.1. The summed E-state index contributed by atoms with van der Waals surface area (Å²) in [6.45, 7) is 3.00. The smallest absolute Gasteiger partial charge is 0.261 e. The van der Waals surface area contributed by atoms with Gasteiger partial charge in [-0.1, -0.05) is 6.07 Å². The number of aromatic nitrogens is 1. The number of carbonyl (C=O) groups is 2. The van der Waals surface area contributed by atoms with Gasteiger partial charge in [-0.05, 0) is 55.7 Å². The van der Waals surface area contributed by atoms with Crippen LogP contribution < -0.4 is 0 Å². The number of fused-ring (bicyclic) bond motifs is 2. The van der Waals surface area contributed by atoms with Gasteiger partial charge in [-0.25, -0.2) is 4.98 Å². The van der Waals surface area contributed by atoms with Gasteiger partial charge in [0.15, 0.2) is 5.58 Å². The Morgan fingerprint density at radius 1 is 1.11 bits per heavy atom. The van der Waals surface area contributed by atoms with E-state index in [-0.39, 0.29) is 17.9 Å². The highest BCUT2D eigenvalue weighted by Crippen LogP contribution is 2.31. The molecule has 2 aromatic carbocycles. The normalized spacial score (nSPS) is 19.3. The summed E-state index contributed by atoms with van der Waals surface area (Å²) in [5.74, 6) is -0.0965. The predicted molar refractivity (Wildman–Crippen MR) is 98.5 cm³/mol. The zero-order chi connectivity index (χ0) is 18.5. The Balaban J connectivity index is 1.49. The lowest BCUT2D eigenvalue weighted by molar-refractivity contribution is 0.0475. The number of aryl methyl sites for hydroxylation is 1. The van der Waals surface area contributed by atoms with E-state index in [1.54, 1.807) is 18.2 Å². The summed E-state index contributed by atoms with van der Waals surface area (Å²) in [5.41, 5.74) is 4.07. The summed E-state index contributed by atoms with van der Waals surface area (Å²) >= 11 is 0. The van der Waals surface area contributed by atoms with Crippen molar-refractivity contribution in [3.05, 3.63) is 53.1 Å². The molecule has 1 atom stereocenters. The van der Waals surface area contributed by atoms with E-state index in [0.29, 0.717) is 41.3 Å². The lowest BCUT2D eigenvalue weighted by Crippen LogP contribution is -2.36. The van der Waals surface area contributed by atoms with Crippen molar-refractivity contribution < 1.29 is 18.7 Å². The second-order valence-electron chi connectivity index (χ2n) is 7.11. The number of benzene rings is 2. The first-order valence-electron chi connectivity index (χ1n) is 9.09. The van der Waals surface area contributed by atoms with Crippen molar-refractivity contribution in [2.75, 3.05) is 13.2 Å². The van der Waals surface area contributed by atoms with Gasteiger partial charge in [0, 0.05) is 12.2 Å². The number of amides is 2. The van der Waals surface area contributed by atoms with Crippen LogP contribution in [0.1, 0.15) is 39.1 Å². The maximum absolute atomic E-state index is 12.8. The Morgan fingerprint density at radius 2 is 1.96 bits per heavy atom. The van der Waals surface area contributed by atoms with Gasteiger partial charge in [-0.2, -0.15) is 0 Å². The van der Waals surface area contributed by atoms with Gasteiger partial charge in [0.25, 0.3) is 11.8 Å². The molecule has 1 unspecified atom stereocenters. The van der Waals surface area contributed by atoms with Gasteiger partial charge in [0.2, 0.25) is 5.89 Å². The Hall–Kier alpha value is -2.99. The van der Waals surface area contributed by atoms with Crippen molar-refractivity contribution in [2.45, 2.75) is 25.9 Å². The van der Waals surface area contributed by atoms with Crippen LogP contribution in [0.25, 0.3) is 22.6 Å². The highest BCUT2D eigenvalue weighted by atomic mass is 16.5. The van der Waals surface area contributed by atoms with Crippen LogP contribution in [-0.2, 0) is 4.74 Å². The summed E-state index contributed by atoms with van der Waals surface area (Å²) < 4.78 is 11.4. The fourth-order valence-electron chi connectivity index (χ4n) is 3.74. The Morgan fingerprint density at radius 3 is 2.78 bits per heavy atom. The number of nitrogens with zero attached hydrogens (tertiary/aromatic N) is 2. The van der Waals surface area contributed by atoms with Crippen molar-refractivity contribution in [2.24, 2.45) is 0 Å². The molecule has 3 heterocycles. The van der Waals surface area contributed by atoms with Gasteiger partial charge in [-0.3, -0.25) is 14.5 Å². The number of hydrogen-bond acceptors (Lipinski definition) is 5. The van der Waals surface area contributed by atoms with E-state index in [0.717, 1.165) is 23.9 Å². The van der Waals surface area contributed by atoms with Gasteiger partial charge < -0.3 is 9.15 Å². The van der Waals surface area contributed by atoms with Crippen LogP contribution in [0.2, 0.25) is 0 Å². The zero-order valence-electron chi connectivity index (χ0n) is 14.9. The Bertz CT molecular complexity index is 1080. The molecular weight excluding hydrogens is 344 g/mol.